The summed E-state index contributed by atoms with van der Waals surface area (Å²) in [7, 11) is -0.381. The number of carbonyl (C=O) groups excluding carboxylic acids is 2. The summed E-state index contributed by atoms with van der Waals surface area (Å²) in [6, 6.07) is 18.8. The number of fused-ring (bicyclic) bond motifs is 2. The van der Waals surface area contributed by atoms with Gasteiger partial charge in [0.1, 0.15) is 0 Å². The van der Waals surface area contributed by atoms with Gasteiger partial charge in [-0.1, -0.05) is 48.5 Å². The molecular formula is C32H41N5O4S. The molecule has 224 valence electrons. The van der Waals surface area contributed by atoms with Crippen LogP contribution in [0, 0.1) is 5.92 Å². The summed E-state index contributed by atoms with van der Waals surface area (Å²) in [6.45, 7) is 4.67. The van der Waals surface area contributed by atoms with E-state index in [9.17, 15) is 18.0 Å². The summed E-state index contributed by atoms with van der Waals surface area (Å²) in [5, 5.41) is 4.17. The lowest BCUT2D eigenvalue weighted by atomic mass is 9.92. The number of piperidine rings is 2. The van der Waals surface area contributed by atoms with Crippen molar-refractivity contribution < 1.29 is 18.0 Å². The van der Waals surface area contributed by atoms with Crippen LogP contribution in [0.4, 0.5) is 0 Å². The van der Waals surface area contributed by atoms with Gasteiger partial charge in [0.15, 0.2) is 0 Å². The van der Waals surface area contributed by atoms with Crippen molar-refractivity contribution in [1.29, 1.82) is 0 Å². The number of rotatable bonds is 5. The van der Waals surface area contributed by atoms with Crippen LogP contribution < -0.4 is 0 Å². The highest BCUT2D eigenvalue weighted by Crippen LogP contribution is 2.31. The summed E-state index contributed by atoms with van der Waals surface area (Å²) in [6.07, 6.45) is 3.65. The molecule has 3 fully saturated rings. The average Bonchev–Trinajstić information content (AvgIpc) is 3.03. The average molecular weight is 592 g/mol. The number of hydrogen-bond acceptors (Lipinski definition) is 5. The third-order valence-electron chi connectivity index (χ3n) is 9.39. The van der Waals surface area contributed by atoms with Crippen LogP contribution in [0.2, 0.25) is 0 Å². The van der Waals surface area contributed by atoms with Crippen LogP contribution in [0.5, 0.6) is 0 Å². The second-order valence-electron chi connectivity index (χ2n) is 12.1. The third kappa shape index (κ3) is 5.53. The Morgan fingerprint density at radius 2 is 1.36 bits per heavy atom. The van der Waals surface area contributed by atoms with Gasteiger partial charge >= 0.3 is 0 Å². The van der Waals surface area contributed by atoms with Gasteiger partial charge in [-0.2, -0.15) is 17.0 Å². The second-order valence-corrected chi connectivity index (χ2v) is 14.2. The molecule has 0 radical (unpaired) electrons. The van der Waals surface area contributed by atoms with Gasteiger partial charge in [0, 0.05) is 66.0 Å². The summed E-state index contributed by atoms with van der Waals surface area (Å²) < 4.78 is 27.6. The molecule has 0 unspecified atom stereocenters. The van der Waals surface area contributed by atoms with Crippen LogP contribution in [0.15, 0.2) is 54.6 Å². The third-order valence-corrected chi connectivity index (χ3v) is 11.3. The van der Waals surface area contributed by atoms with Crippen LogP contribution in [-0.4, -0.2) is 116 Å². The van der Waals surface area contributed by atoms with Crippen molar-refractivity contribution >= 4 is 43.6 Å². The van der Waals surface area contributed by atoms with Gasteiger partial charge in [-0.25, -0.2) is 0 Å². The van der Waals surface area contributed by atoms with Crippen LogP contribution >= 0.6 is 0 Å². The number of benzene rings is 3. The molecule has 42 heavy (non-hydrogen) atoms. The van der Waals surface area contributed by atoms with E-state index in [0.29, 0.717) is 45.3 Å². The van der Waals surface area contributed by atoms with Gasteiger partial charge in [-0.3, -0.25) is 14.5 Å². The van der Waals surface area contributed by atoms with E-state index in [1.165, 1.54) is 22.7 Å². The second kappa shape index (κ2) is 11.9. The van der Waals surface area contributed by atoms with E-state index in [-0.39, 0.29) is 17.7 Å². The molecule has 6 rings (SSSR count). The first-order chi connectivity index (χ1) is 20.2. The predicted molar refractivity (Wildman–Crippen MR) is 165 cm³/mol. The summed E-state index contributed by atoms with van der Waals surface area (Å²) in [5.74, 6) is 0.193. The largest absolute Gasteiger partial charge is 0.340 e. The first-order valence-corrected chi connectivity index (χ1v) is 16.5. The summed E-state index contributed by atoms with van der Waals surface area (Å²) >= 11 is 0. The number of nitrogens with zero attached hydrogens (tertiary/aromatic N) is 5. The lowest BCUT2D eigenvalue weighted by molar-refractivity contribution is -0.139. The Kier molecular flexibility index (Phi) is 8.24. The number of piperazine rings is 1. The van der Waals surface area contributed by atoms with Crippen LogP contribution in [0.25, 0.3) is 21.5 Å². The van der Waals surface area contributed by atoms with E-state index < -0.39 is 10.2 Å². The molecule has 3 saturated heterocycles. The minimum absolute atomic E-state index is 0.0579. The van der Waals surface area contributed by atoms with Crippen LogP contribution in [0.1, 0.15) is 36.0 Å². The molecule has 0 spiro atoms. The maximum Gasteiger partial charge on any atom is 0.281 e. The Morgan fingerprint density at radius 1 is 0.762 bits per heavy atom. The van der Waals surface area contributed by atoms with Crippen molar-refractivity contribution in [2.24, 2.45) is 5.92 Å². The highest BCUT2D eigenvalue weighted by molar-refractivity contribution is 7.86. The fourth-order valence-corrected chi connectivity index (χ4v) is 8.09. The standard InChI is InChI=1S/C32H41N5O4S/c1-33(2)42(40,41)37-20-18-35(19-21-37)31(38)26-10-7-15-36(23-26)27-13-16-34(17-14-27)32(39)30-28-11-5-3-8-24(28)22-25-9-4-6-12-29(25)30/h3-6,8-9,11-12,22,26-27H,7,10,13-21,23H2,1-2H3/t26-/m1/s1. The van der Waals surface area contributed by atoms with E-state index in [1.807, 2.05) is 46.2 Å². The number of carbonyl (C=O) groups is 2. The minimum atomic E-state index is -3.46. The molecule has 3 aliphatic heterocycles. The molecule has 3 aliphatic rings. The molecule has 3 aromatic carbocycles. The Hall–Kier alpha value is -3.05. The SMILES string of the molecule is CN(C)S(=O)(=O)N1CCN(C(=O)[C@@H]2CCCN(C3CCN(C(=O)c4c5ccccc5cc5ccccc45)CC3)C2)CC1. The van der Waals surface area contributed by atoms with Gasteiger partial charge < -0.3 is 9.80 Å². The van der Waals surface area contributed by atoms with Gasteiger partial charge in [0.25, 0.3) is 16.1 Å². The monoisotopic (exact) mass is 591 g/mol. The Labute approximate surface area is 248 Å². The highest BCUT2D eigenvalue weighted by atomic mass is 32.2. The lowest BCUT2D eigenvalue weighted by Crippen LogP contribution is -2.56. The van der Waals surface area contributed by atoms with Crippen LogP contribution in [-0.2, 0) is 15.0 Å². The molecule has 2 amide bonds. The van der Waals surface area contributed by atoms with Gasteiger partial charge in [-0.05, 0) is 59.8 Å². The zero-order chi connectivity index (χ0) is 29.4. The normalized spacial score (nSPS) is 21.8. The molecule has 3 aromatic rings. The maximum atomic E-state index is 14.0. The molecule has 0 N–H and O–H groups in total. The fraction of sp³-hybridized carbons (Fsp3) is 0.500. The summed E-state index contributed by atoms with van der Waals surface area (Å²) in [5.41, 5.74) is 0.796. The highest BCUT2D eigenvalue weighted by Gasteiger charge is 2.37. The maximum absolute atomic E-state index is 14.0. The van der Waals surface area contributed by atoms with Gasteiger partial charge in [-0.15, -0.1) is 0 Å². The van der Waals surface area contributed by atoms with Crippen molar-refractivity contribution in [2.75, 3.05) is 66.5 Å². The molecule has 1 atom stereocenters. The van der Waals surface area contributed by atoms with Gasteiger partial charge in [0.05, 0.1) is 11.5 Å². The van der Waals surface area contributed by atoms with E-state index in [2.05, 4.69) is 23.1 Å². The fourth-order valence-electron chi connectivity index (χ4n) is 7.00. The van der Waals surface area contributed by atoms with Crippen molar-refractivity contribution in [3.8, 4) is 0 Å². The van der Waals surface area contributed by atoms with Gasteiger partial charge in [0.2, 0.25) is 5.91 Å². The first kappa shape index (κ1) is 29.0. The van der Waals surface area contributed by atoms with Crippen molar-refractivity contribution in [3.05, 3.63) is 60.2 Å². The zero-order valence-electron chi connectivity index (χ0n) is 24.6. The van der Waals surface area contributed by atoms with Crippen LogP contribution in [0.3, 0.4) is 0 Å². The van der Waals surface area contributed by atoms with E-state index in [0.717, 1.165) is 65.9 Å². The minimum Gasteiger partial charge on any atom is -0.340 e. The Bertz CT molecular complexity index is 1520. The van der Waals surface area contributed by atoms with Crippen molar-refractivity contribution in [2.45, 2.75) is 31.7 Å². The smallest absolute Gasteiger partial charge is 0.281 e. The molecule has 0 saturated carbocycles. The molecular weight excluding hydrogens is 550 g/mol. The summed E-state index contributed by atoms with van der Waals surface area (Å²) in [4.78, 5) is 33.8. The molecule has 0 aromatic heterocycles. The predicted octanol–water partition coefficient (Wildman–Crippen LogP) is 3.26. The number of hydrogen-bond donors (Lipinski definition) is 0. The Balaban J connectivity index is 1.08. The van der Waals surface area contributed by atoms with Crippen molar-refractivity contribution in [1.82, 2.24) is 23.3 Å². The van der Waals surface area contributed by atoms with E-state index >= 15 is 0 Å². The van der Waals surface area contributed by atoms with E-state index in [1.54, 1.807) is 0 Å². The number of amides is 2. The quantitative estimate of drug-likeness (QED) is 0.426. The molecule has 3 heterocycles. The first-order valence-electron chi connectivity index (χ1n) is 15.1. The topological polar surface area (TPSA) is 84.5 Å². The zero-order valence-corrected chi connectivity index (χ0v) is 25.4. The van der Waals surface area contributed by atoms with Crippen molar-refractivity contribution in [3.63, 3.8) is 0 Å². The lowest BCUT2D eigenvalue weighted by Gasteiger charge is -2.43. The molecule has 0 aliphatic carbocycles. The number of likely N-dealkylation sites (tertiary alicyclic amines) is 2. The van der Waals surface area contributed by atoms with E-state index in [4.69, 9.17) is 0 Å². The molecule has 0 bridgehead atoms. The Morgan fingerprint density at radius 3 is 1.95 bits per heavy atom. The molecule has 9 nitrogen and oxygen atoms in total. The molecule has 10 heteroatoms.